The van der Waals surface area contributed by atoms with E-state index in [-0.39, 0.29) is 5.75 Å². The molecule has 0 atom stereocenters. The van der Waals surface area contributed by atoms with Crippen LogP contribution in [0.2, 0.25) is 0 Å². The van der Waals surface area contributed by atoms with Gasteiger partial charge in [0.05, 0.1) is 5.75 Å². The fourth-order valence-corrected chi connectivity index (χ4v) is 2.31. The molecule has 0 saturated carbocycles. The highest BCUT2D eigenvalue weighted by Crippen LogP contribution is 2.15. The zero-order valence-electron chi connectivity index (χ0n) is 12.7. The van der Waals surface area contributed by atoms with Gasteiger partial charge >= 0.3 is 0 Å². The number of nitrogens with one attached hydrogen (secondary N) is 1. The molecule has 1 aromatic heterocycles. The second-order valence-corrected chi connectivity index (χ2v) is 7.12. The maximum atomic E-state index is 11.2. The molecule has 0 amide bonds. The standard InChI is InChI=1S/C13H24N4O2S/c1-5-7-11-15-12(14-6-2)10-13(16-11)17(3)8-9-20(4,18)19/h10H,5-9H2,1-4H3,(H,14,15,16). The van der Waals surface area contributed by atoms with Crippen molar-refractivity contribution >= 4 is 21.5 Å². The Bertz CT molecular complexity index is 507. The van der Waals surface area contributed by atoms with Crippen molar-refractivity contribution in [2.75, 3.05) is 42.4 Å². The normalized spacial score (nSPS) is 11.4. The molecule has 1 N–H and O–H groups in total. The van der Waals surface area contributed by atoms with Crippen LogP contribution in [0, 0.1) is 0 Å². The van der Waals surface area contributed by atoms with Gasteiger partial charge in [0.25, 0.3) is 0 Å². The quantitative estimate of drug-likeness (QED) is 0.781. The maximum absolute atomic E-state index is 11.2. The summed E-state index contributed by atoms with van der Waals surface area (Å²) in [6.07, 6.45) is 3.03. The topological polar surface area (TPSA) is 75.2 Å². The minimum Gasteiger partial charge on any atom is -0.370 e. The van der Waals surface area contributed by atoms with E-state index in [0.29, 0.717) is 6.54 Å². The number of hydrogen-bond acceptors (Lipinski definition) is 6. The van der Waals surface area contributed by atoms with Gasteiger partial charge < -0.3 is 10.2 Å². The van der Waals surface area contributed by atoms with E-state index in [9.17, 15) is 8.42 Å². The summed E-state index contributed by atoms with van der Waals surface area (Å²) >= 11 is 0. The summed E-state index contributed by atoms with van der Waals surface area (Å²) in [4.78, 5) is 10.8. The van der Waals surface area contributed by atoms with E-state index in [2.05, 4.69) is 22.2 Å². The molecule has 7 heteroatoms. The van der Waals surface area contributed by atoms with Crippen LogP contribution in [-0.2, 0) is 16.3 Å². The van der Waals surface area contributed by atoms with Crippen molar-refractivity contribution in [1.82, 2.24) is 9.97 Å². The van der Waals surface area contributed by atoms with Crippen molar-refractivity contribution in [3.05, 3.63) is 11.9 Å². The number of hydrogen-bond donors (Lipinski definition) is 1. The van der Waals surface area contributed by atoms with Gasteiger partial charge in [-0.2, -0.15) is 0 Å². The van der Waals surface area contributed by atoms with E-state index in [1.165, 1.54) is 6.26 Å². The molecule has 0 radical (unpaired) electrons. The number of anilines is 2. The van der Waals surface area contributed by atoms with E-state index >= 15 is 0 Å². The Morgan fingerprint density at radius 3 is 2.55 bits per heavy atom. The van der Waals surface area contributed by atoms with Crippen LogP contribution >= 0.6 is 0 Å². The van der Waals surface area contributed by atoms with Crippen LogP contribution in [0.15, 0.2) is 6.07 Å². The number of nitrogens with zero attached hydrogens (tertiary/aromatic N) is 3. The van der Waals surface area contributed by atoms with Gasteiger partial charge in [-0.15, -0.1) is 0 Å². The van der Waals surface area contributed by atoms with Crippen LogP contribution in [0.5, 0.6) is 0 Å². The molecule has 0 aliphatic carbocycles. The van der Waals surface area contributed by atoms with Gasteiger partial charge in [-0.25, -0.2) is 18.4 Å². The van der Waals surface area contributed by atoms with E-state index in [1.807, 2.05) is 24.9 Å². The van der Waals surface area contributed by atoms with Crippen molar-refractivity contribution in [2.45, 2.75) is 26.7 Å². The summed E-state index contributed by atoms with van der Waals surface area (Å²) in [6.45, 7) is 5.30. The monoisotopic (exact) mass is 300 g/mol. The largest absolute Gasteiger partial charge is 0.370 e. The number of aryl methyl sites for hydroxylation is 1. The third kappa shape index (κ3) is 5.73. The highest BCUT2D eigenvalue weighted by Gasteiger charge is 2.10. The molecule has 1 heterocycles. The first-order valence-corrected chi connectivity index (χ1v) is 8.92. The minimum absolute atomic E-state index is 0.118. The Kier molecular flexibility index (Phi) is 6.19. The Balaban J connectivity index is 2.90. The molecule has 0 bridgehead atoms. The van der Waals surface area contributed by atoms with Gasteiger partial charge in [-0.3, -0.25) is 0 Å². The smallest absolute Gasteiger partial charge is 0.149 e. The lowest BCUT2D eigenvalue weighted by Crippen LogP contribution is -2.26. The molecule has 0 aliphatic rings. The van der Waals surface area contributed by atoms with Gasteiger partial charge in [0, 0.05) is 38.9 Å². The molecule has 0 aliphatic heterocycles. The van der Waals surface area contributed by atoms with Crippen molar-refractivity contribution < 1.29 is 8.42 Å². The molecule has 0 fully saturated rings. The summed E-state index contributed by atoms with van der Waals surface area (Å²) in [6, 6.07) is 1.85. The fraction of sp³-hybridized carbons (Fsp3) is 0.692. The molecule has 0 saturated heterocycles. The number of aromatic nitrogens is 2. The van der Waals surface area contributed by atoms with E-state index in [1.54, 1.807) is 0 Å². The Hall–Kier alpha value is -1.37. The minimum atomic E-state index is -2.97. The van der Waals surface area contributed by atoms with Crippen LogP contribution in [0.4, 0.5) is 11.6 Å². The summed E-state index contributed by atoms with van der Waals surface area (Å²) in [5, 5.41) is 3.18. The first kappa shape index (κ1) is 16.7. The van der Waals surface area contributed by atoms with Crippen LogP contribution in [0.1, 0.15) is 26.1 Å². The summed E-state index contributed by atoms with van der Waals surface area (Å²) in [5.41, 5.74) is 0. The van der Waals surface area contributed by atoms with Crippen LogP contribution in [0.3, 0.4) is 0 Å². The maximum Gasteiger partial charge on any atom is 0.149 e. The number of rotatable bonds is 8. The lowest BCUT2D eigenvalue weighted by molar-refractivity contribution is 0.601. The molecule has 0 spiro atoms. The second-order valence-electron chi connectivity index (χ2n) is 4.86. The van der Waals surface area contributed by atoms with Crippen molar-refractivity contribution in [1.29, 1.82) is 0 Å². The summed E-state index contributed by atoms with van der Waals surface area (Å²) in [7, 11) is -1.12. The Labute approximate surface area is 121 Å². The molecule has 1 rings (SSSR count). The average Bonchev–Trinajstić information content (AvgIpc) is 2.35. The molecule has 1 aromatic rings. The van der Waals surface area contributed by atoms with Crippen molar-refractivity contribution in [3.8, 4) is 0 Å². The van der Waals surface area contributed by atoms with Gasteiger partial charge in [0.2, 0.25) is 0 Å². The molecule has 0 unspecified atom stereocenters. The first-order chi connectivity index (χ1) is 9.35. The Morgan fingerprint density at radius 2 is 2.00 bits per heavy atom. The van der Waals surface area contributed by atoms with Gasteiger partial charge in [-0.05, 0) is 13.3 Å². The average molecular weight is 300 g/mol. The van der Waals surface area contributed by atoms with Gasteiger partial charge in [0.1, 0.15) is 27.3 Å². The lowest BCUT2D eigenvalue weighted by Gasteiger charge is -2.19. The first-order valence-electron chi connectivity index (χ1n) is 6.86. The highest BCUT2D eigenvalue weighted by atomic mass is 32.2. The Morgan fingerprint density at radius 1 is 1.30 bits per heavy atom. The summed E-state index contributed by atoms with van der Waals surface area (Å²) in [5.74, 6) is 2.44. The molecule has 6 nitrogen and oxygen atoms in total. The zero-order chi connectivity index (χ0) is 15.2. The fourth-order valence-electron chi connectivity index (χ4n) is 1.70. The molecular weight excluding hydrogens is 276 g/mol. The zero-order valence-corrected chi connectivity index (χ0v) is 13.5. The van der Waals surface area contributed by atoms with Crippen molar-refractivity contribution in [3.63, 3.8) is 0 Å². The SMILES string of the molecule is CCCc1nc(NCC)cc(N(C)CCS(C)(=O)=O)n1. The third-order valence-electron chi connectivity index (χ3n) is 2.78. The van der Waals surface area contributed by atoms with E-state index in [4.69, 9.17) is 0 Å². The van der Waals surface area contributed by atoms with Gasteiger partial charge in [0.15, 0.2) is 0 Å². The van der Waals surface area contributed by atoms with Crippen LogP contribution in [-0.4, -0.2) is 50.5 Å². The molecule has 114 valence electrons. The van der Waals surface area contributed by atoms with E-state index in [0.717, 1.165) is 36.8 Å². The predicted octanol–water partition coefficient (Wildman–Crippen LogP) is 1.34. The summed E-state index contributed by atoms with van der Waals surface area (Å²) < 4.78 is 22.5. The molecule has 0 aromatic carbocycles. The molecule has 20 heavy (non-hydrogen) atoms. The highest BCUT2D eigenvalue weighted by molar-refractivity contribution is 7.90. The van der Waals surface area contributed by atoms with Crippen LogP contribution in [0.25, 0.3) is 0 Å². The van der Waals surface area contributed by atoms with E-state index < -0.39 is 9.84 Å². The van der Waals surface area contributed by atoms with Crippen LogP contribution < -0.4 is 10.2 Å². The lowest BCUT2D eigenvalue weighted by atomic mass is 10.3. The van der Waals surface area contributed by atoms with Crippen molar-refractivity contribution in [2.24, 2.45) is 0 Å². The van der Waals surface area contributed by atoms with Gasteiger partial charge in [-0.1, -0.05) is 6.92 Å². The molecular formula is C13H24N4O2S. The predicted molar refractivity (Wildman–Crippen MR) is 83.2 cm³/mol. The third-order valence-corrected chi connectivity index (χ3v) is 3.70. The number of sulfone groups is 1. The second kappa shape index (κ2) is 7.42.